The van der Waals surface area contributed by atoms with Crippen LogP contribution < -0.4 is 0 Å². The van der Waals surface area contributed by atoms with E-state index in [9.17, 15) is 9.90 Å². The number of aliphatic hydroxyl groups is 1. The molecule has 4 nitrogen and oxygen atoms in total. The summed E-state index contributed by atoms with van der Waals surface area (Å²) in [6.07, 6.45) is -0.371. The molecule has 2 heterocycles. The Labute approximate surface area is 115 Å². The van der Waals surface area contributed by atoms with Gasteiger partial charge in [-0.2, -0.15) is 0 Å². The zero-order valence-electron chi connectivity index (χ0n) is 10.8. The van der Waals surface area contributed by atoms with E-state index >= 15 is 0 Å². The molecule has 100 valence electrons. The molecule has 2 N–H and O–H groups in total. The Kier molecular flexibility index (Phi) is 2.35. The van der Waals surface area contributed by atoms with Gasteiger partial charge in [0.15, 0.2) is 0 Å². The van der Waals surface area contributed by atoms with Crippen molar-refractivity contribution < 1.29 is 9.90 Å². The number of rotatable bonds is 1. The molecule has 4 rings (SSSR count). The molecular formula is C16H14N2O2. The van der Waals surface area contributed by atoms with Crippen LogP contribution in [0.3, 0.4) is 0 Å². The number of nitrogens with one attached hydrogen (secondary N) is 1. The summed E-state index contributed by atoms with van der Waals surface area (Å²) in [7, 11) is 0. The predicted octanol–water partition coefficient (Wildman–Crippen LogP) is 2.14. The molecule has 0 unspecified atom stereocenters. The number of aromatic nitrogens is 1. The van der Waals surface area contributed by atoms with Gasteiger partial charge in [0.25, 0.3) is 5.91 Å². The Balaban J connectivity index is 1.82. The van der Waals surface area contributed by atoms with E-state index in [-0.39, 0.29) is 12.0 Å². The minimum atomic E-state index is -0.371. The number of H-pyrrole nitrogens is 1. The Hall–Kier alpha value is -2.33. The van der Waals surface area contributed by atoms with Crippen molar-refractivity contribution >= 4 is 27.6 Å². The fourth-order valence-corrected chi connectivity index (χ4v) is 2.79. The smallest absolute Gasteiger partial charge is 0.270 e. The summed E-state index contributed by atoms with van der Waals surface area (Å²) in [5.74, 6) is -0.0458. The van der Waals surface area contributed by atoms with Crippen LogP contribution >= 0.6 is 0 Å². The molecule has 0 spiro atoms. The number of likely N-dealkylation sites (tertiary alicyclic amines) is 1. The van der Waals surface area contributed by atoms with Crippen LogP contribution in [0.1, 0.15) is 10.5 Å². The van der Waals surface area contributed by atoms with Gasteiger partial charge in [-0.3, -0.25) is 4.79 Å². The number of carbonyl (C=O) groups excluding carboxylic acids is 1. The second kappa shape index (κ2) is 4.08. The lowest BCUT2D eigenvalue weighted by molar-refractivity contribution is 0.00557. The maximum Gasteiger partial charge on any atom is 0.270 e. The van der Waals surface area contributed by atoms with Gasteiger partial charge in [-0.1, -0.05) is 30.3 Å². The number of benzene rings is 2. The summed E-state index contributed by atoms with van der Waals surface area (Å²) in [5, 5.41) is 12.7. The Morgan fingerprint density at radius 1 is 1.15 bits per heavy atom. The summed E-state index contributed by atoms with van der Waals surface area (Å²) in [4.78, 5) is 17.1. The molecule has 2 aromatic carbocycles. The monoisotopic (exact) mass is 266 g/mol. The number of aliphatic hydroxyl groups excluding tert-OH is 1. The minimum Gasteiger partial charge on any atom is -0.389 e. The van der Waals surface area contributed by atoms with Crippen LogP contribution in [0.15, 0.2) is 42.5 Å². The second-order valence-electron chi connectivity index (χ2n) is 5.29. The van der Waals surface area contributed by atoms with Crippen molar-refractivity contribution in [1.29, 1.82) is 0 Å². The largest absolute Gasteiger partial charge is 0.389 e. The second-order valence-corrected chi connectivity index (χ2v) is 5.29. The number of hydrogen-bond acceptors (Lipinski definition) is 2. The third kappa shape index (κ3) is 1.62. The number of amides is 1. The molecule has 1 saturated heterocycles. The van der Waals surface area contributed by atoms with Crippen LogP contribution in [-0.2, 0) is 0 Å². The molecule has 0 atom stereocenters. The fraction of sp³-hybridized carbons (Fsp3) is 0.188. The van der Waals surface area contributed by atoms with Gasteiger partial charge >= 0.3 is 0 Å². The number of carbonyl (C=O) groups is 1. The van der Waals surface area contributed by atoms with Crippen LogP contribution in [0, 0.1) is 0 Å². The zero-order valence-corrected chi connectivity index (χ0v) is 10.8. The molecule has 1 fully saturated rings. The van der Waals surface area contributed by atoms with E-state index in [2.05, 4.69) is 23.2 Å². The van der Waals surface area contributed by atoms with E-state index < -0.39 is 0 Å². The summed E-state index contributed by atoms with van der Waals surface area (Å²) in [6.45, 7) is 0.851. The van der Waals surface area contributed by atoms with E-state index in [1.165, 1.54) is 0 Å². The number of β-amino-alcohol motifs (C(OH)–C–C–N with tert-alkyl or cyclic N) is 1. The van der Waals surface area contributed by atoms with Crippen molar-refractivity contribution in [3.05, 3.63) is 48.2 Å². The maximum absolute atomic E-state index is 12.3. The highest BCUT2D eigenvalue weighted by atomic mass is 16.3. The summed E-state index contributed by atoms with van der Waals surface area (Å²) in [5.41, 5.74) is 1.55. The van der Waals surface area contributed by atoms with Crippen molar-refractivity contribution in [1.82, 2.24) is 9.88 Å². The number of fused-ring (bicyclic) bond motifs is 3. The standard InChI is InChI=1S/C16H14N2O2/c19-11-8-18(9-11)16(20)15-7-13-12-4-2-1-3-10(12)5-6-14(13)17-15/h1-7,11,17,19H,8-9H2. The lowest BCUT2D eigenvalue weighted by atomic mass is 10.1. The van der Waals surface area contributed by atoms with Gasteiger partial charge in [0.2, 0.25) is 0 Å². The van der Waals surface area contributed by atoms with Gasteiger partial charge < -0.3 is 15.0 Å². The Morgan fingerprint density at radius 3 is 2.75 bits per heavy atom. The molecule has 1 aliphatic heterocycles. The van der Waals surface area contributed by atoms with Crippen molar-refractivity contribution in [3.63, 3.8) is 0 Å². The van der Waals surface area contributed by atoms with Crippen molar-refractivity contribution in [3.8, 4) is 0 Å². The average molecular weight is 266 g/mol. The lowest BCUT2D eigenvalue weighted by Crippen LogP contribution is -2.53. The highest BCUT2D eigenvalue weighted by Crippen LogP contribution is 2.26. The molecule has 0 bridgehead atoms. The van der Waals surface area contributed by atoms with E-state index in [1.54, 1.807) is 4.90 Å². The maximum atomic E-state index is 12.3. The Morgan fingerprint density at radius 2 is 1.95 bits per heavy atom. The van der Waals surface area contributed by atoms with Gasteiger partial charge in [0.1, 0.15) is 5.69 Å². The predicted molar refractivity (Wildman–Crippen MR) is 77.7 cm³/mol. The molecular weight excluding hydrogens is 252 g/mol. The minimum absolute atomic E-state index is 0.0458. The first kappa shape index (κ1) is 11.5. The number of hydrogen-bond donors (Lipinski definition) is 2. The fourth-order valence-electron chi connectivity index (χ4n) is 2.79. The molecule has 1 amide bonds. The van der Waals surface area contributed by atoms with Crippen LogP contribution in [0.4, 0.5) is 0 Å². The zero-order chi connectivity index (χ0) is 13.7. The van der Waals surface area contributed by atoms with Gasteiger partial charge in [-0.15, -0.1) is 0 Å². The number of aromatic amines is 1. The average Bonchev–Trinajstić information content (AvgIpc) is 2.87. The van der Waals surface area contributed by atoms with Crippen molar-refractivity contribution in [2.75, 3.05) is 13.1 Å². The van der Waals surface area contributed by atoms with E-state index in [0.29, 0.717) is 18.8 Å². The normalized spacial score (nSPS) is 15.8. The van der Waals surface area contributed by atoms with E-state index in [1.807, 2.05) is 24.3 Å². The first-order valence-corrected chi connectivity index (χ1v) is 6.70. The number of nitrogens with zero attached hydrogens (tertiary/aromatic N) is 1. The van der Waals surface area contributed by atoms with Crippen LogP contribution in [-0.4, -0.2) is 40.1 Å². The summed E-state index contributed by atoms with van der Waals surface area (Å²) in [6, 6.07) is 14.1. The van der Waals surface area contributed by atoms with Gasteiger partial charge in [0, 0.05) is 24.0 Å². The highest BCUT2D eigenvalue weighted by molar-refractivity contribution is 6.09. The Bertz CT molecular complexity index is 816. The third-order valence-electron chi connectivity index (χ3n) is 3.91. The SMILES string of the molecule is O=C(c1cc2c(ccc3ccccc32)[nH]1)N1CC(O)C1. The summed E-state index contributed by atoms with van der Waals surface area (Å²) >= 11 is 0. The molecule has 1 aromatic heterocycles. The first-order chi connectivity index (χ1) is 9.72. The third-order valence-corrected chi connectivity index (χ3v) is 3.91. The first-order valence-electron chi connectivity index (χ1n) is 6.70. The highest BCUT2D eigenvalue weighted by Gasteiger charge is 2.30. The molecule has 3 aromatic rings. The van der Waals surface area contributed by atoms with Crippen LogP contribution in [0.2, 0.25) is 0 Å². The van der Waals surface area contributed by atoms with Gasteiger partial charge in [-0.05, 0) is 22.9 Å². The van der Waals surface area contributed by atoms with Crippen LogP contribution in [0.5, 0.6) is 0 Å². The molecule has 0 aliphatic carbocycles. The van der Waals surface area contributed by atoms with Crippen molar-refractivity contribution in [2.45, 2.75) is 6.10 Å². The van der Waals surface area contributed by atoms with E-state index in [4.69, 9.17) is 0 Å². The quantitative estimate of drug-likeness (QED) is 0.709. The van der Waals surface area contributed by atoms with Crippen LogP contribution in [0.25, 0.3) is 21.7 Å². The molecule has 0 saturated carbocycles. The molecule has 4 heteroatoms. The van der Waals surface area contributed by atoms with Gasteiger partial charge in [-0.25, -0.2) is 0 Å². The van der Waals surface area contributed by atoms with E-state index in [0.717, 1.165) is 21.7 Å². The van der Waals surface area contributed by atoms with Crippen molar-refractivity contribution in [2.24, 2.45) is 0 Å². The summed E-state index contributed by atoms with van der Waals surface area (Å²) < 4.78 is 0. The molecule has 20 heavy (non-hydrogen) atoms. The molecule has 1 aliphatic rings. The molecule has 0 radical (unpaired) electrons. The van der Waals surface area contributed by atoms with Gasteiger partial charge in [0.05, 0.1) is 6.10 Å². The lowest BCUT2D eigenvalue weighted by Gasteiger charge is -2.35. The topological polar surface area (TPSA) is 56.3 Å².